The van der Waals surface area contributed by atoms with Crippen LogP contribution in [0.3, 0.4) is 0 Å². The highest BCUT2D eigenvalue weighted by atomic mass is 16.6. The Morgan fingerprint density at radius 1 is 1.23 bits per heavy atom. The van der Waals surface area contributed by atoms with Gasteiger partial charge in [0, 0.05) is 17.7 Å². The number of nitriles is 1. The molecular weight excluding hydrogens is 334 g/mol. The van der Waals surface area contributed by atoms with Crippen molar-refractivity contribution in [2.24, 2.45) is 5.16 Å². The lowest BCUT2D eigenvalue weighted by molar-refractivity contribution is -0.125. The minimum Gasteiger partial charge on any atom is -0.493 e. The second kappa shape index (κ2) is 7.57. The van der Waals surface area contributed by atoms with Crippen LogP contribution in [0.1, 0.15) is 17.5 Å². The van der Waals surface area contributed by atoms with Gasteiger partial charge in [0.2, 0.25) is 6.10 Å². The van der Waals surface area contributed by atoms with Crippen LogP contribution in [0.15, 0.2) is 47.6 Å². The smallest absolute Gasteiger partial charge is 0.268 e. The first-order chi connectivity index (χ1) is 12.7. The number of amides is 1. The zero-order chi connectivity index (χ0) is 18.5. The fourth-order valence-corrected chi connectivity index (χ4v) is 2.64. The number of methoxy groups -OCH3 is 2. The van der Waals surface area contributed by atoms with Gasteiger partial charge in [-0.05, 0) is 36.4 Å². The molecule has 2 aromatic carbocycles. The first-order valence-corrected chi connectivity index (χ1v) is 7.91. The number of nitrogens with zero attached hydrogens (tertiary/aromatic N) is 2. The summed E-state index contributed by atoms with van der Waals surface area (Å²) in [6, 6.07) is 14.1. The Morgan fingerprint density at radius 2 is 2.00 bits per heavy atom. The van der Waals surface area contributed by atoms with Crippen LogP contribution < -0.4 is 14.8 Å². The third-order valence-corrected chi connectivity index (χ3v) is 3.96. The van der Waals surface area contributed by atoms with Gasteiger partial charge >= 0.3 is 0 Å². The molecule has 0 fully saturated rings. The number of ether oxygens (including phenoxy) is 2. The van der Waals surface area contributed by atoms with Gasteiger partial charge in [-0.25, -0.2) is 0 Å². The van der Waals surface area contributed by atoms with Crippen LogP contribution >= 0.6 is 0 Å². The van der Waals surface area contributed by atoms with E-state index in [0.717, 1.165) is 5.56 Å². The molecule has 132 valence electrons. The second-order valence-corrected chi connectivity index (χ2v) is 5.56. The highest BCUT2D eigenvalue weighted by Gasteiger charge is 2.30. The molecule has 7 nitrogen and oxygen atoms in total. The average Bonchev–Trinajstić information content (AvgIpc) is 3.18. The monoisotopic (exact) mass is 351 g/mol. The topological polar surface area (TPSA) is 92.9 Å². The summed E-state index contributed by atoms with van der Waals surface area (Å²) in [5, 5.41) is 15.6. The molecule has 0 saturated carbocycles. The van der Waals surface area contributed by atoms with E-state index in [-0.39, 0.29) is 5.91 Å². The molecule has 0 aromatic heterocycles. The van der Waals surface area contributed by atoms with Crippen molar-refractivity contribution in [1.29, 1.82) is 5.26 Å². The number of hydrogen-bond acceptors (Lipinski definition) is 6. The van der Waals surface area contributed by atoms with E-state index in [2.05, 4.69) is 10.5 Å². The highest BCUT2D eigenvalue weighted by Crippen LogP contribution is 2.33. The predicted molar refractivity (Wildman–Crippen MR) is 95.4 cm³/mol. The average molecular weight is 351 g/mol. The number of benzene rings is 2. The molecule has 1 aliphatic heterocycles. The third kappa shape index (κ3) is 3.44. The quantitative estimate of drug-likeness (QED) is 0.894. The molecule has 3 rings (SSSR count). The summed E-state index contributed by atoms with van der Waals surface area (Å²) in [6.45, 7) is 0. The fraction of sp³-hybridized carbons (Fsp3) is 0.211. The number of carbonyl (C=O) groups is 1. The molecule has 0 saturated heterocycles. The van der Waals surface area contributed by atoms with Crippen LogP contribution in [-0.4, -0.2) is 31.9 Å². The lowest BCUT2D eigenvalue weighted by atomic mass is 10.0. The maximum atomic E-state index is 12.4. The lowest BCUT2D eigenvalue weighted by Gasteiger charge is -2.12. The zero-order valence-electron chi connectivity index (χ0n) is 14.4. The van der Waals surface area contributed by atoms with Crippen molar-refractivity contribution < 1.29 is 19.1 Å². The van der Waals surface area contributed by atoms with Gasteiger partial charge < -0.3 is 19.6 Å². The Labute approximate surface area is 150 Å². The van der Waals surface area contributed by atoms with E-state index in [9.17, 15) is 4.79 Å². The molecule has 0 radical (unpaired) electrons. The van der Waals surface area contributed by atoms with E-state index in [4.69, 9.17) is 19.6 Å². The van der Waals surface area contributed by atoms with Crippen molar-refractivity contribution >= 4 is 17.3 Å². The second-order valence-electron chi connectivity index (χ2n) is 5.56. The van der Waals surface area contributed by atoms with E-state index >= 15 is 0 Å². The standard InChI is InChI=1S/C19H17N3O4/c1-24-16-5-3-4-14(18(16)25-2)15-10-17(26-22-15)19(23)21-13-8-6-12(11-20)7-9-13/h3-9,17H,10H2,1-2H3,(H,21,23)/t17-/m0/s1. The Hall–Kier alpha value is -3.53. The minimum absolute atomic E-state index is 0.310. The predicted octanol–water partition coefficient (Wildman–Crippen LogP) is 2.71. The number of nitrogens with one attached hydrogen (secondary N) is 1. The van der Waals surface area contributed by atoms with E-state index in [0.29, 0.717) is 34.9 Å². The molecule has 0 bridgehead atoms. The fourth-order valence-electron chi connectivity index (χ4n) is 2.64. The molecule has 1 atom stereocenters. The molecule has 0 aliphatic carbocycles. The number of oxime groups is 1. The van der Waals surface area contributed by atoms with Gasteiger partial charge in [0.15, 0.2) is 11.5 Å². The number of hydrogen-bond donors (Lipinski definition) is 1. The van der Waals surface area contributed by atoms with Gasteiger partial charge in [-0.1, -0.05) is 11.2 Å². The van der Waals surface area contributed by atoms with E-state index in [1.165, 1.54) is 0 Å². The summed E-state index contributed by atoms with van der Waals surface area (Å²) >= 11 is 0. The maximum Gasteiger partial charge on any atom is 0.268 e. The molecular formula is C19H17N3O4. The van der Waals surface area contributed by atoms with Crippen molar-refractivity contribution in [2.75, 3.05) is 19.5 Å². The van der Waals surface area contributed by atoms with Gasteiger partial charge in [0.05, 0.1) is 31.6 Å². The summed E-state index contributed by atoms with van der Waals surface area (Å²) in [4.78, 5) is 17.7. The Balaban J connectivity index is 1.70. The number of carbonyl (C=O) groups excluding carboxylic acids is 1. The highest BCUT2D eigenvalue weighted by molar-refractivity contribution is 6.08. The van der Waals surface area contributed by atoms with Gasteiger partial charge in [-0.3, -0.25) is 4.79 Å². The normalized spacial score (nSPS) is 15.4. The van der Waals surface area contributed by atoms with Crippen molar-refractivity contribution in [1.82, 2.24) is 0 Å². The van der Waals surface area contributed by atoms with Gasteiger partial charge in [0.25, 0.3) is 5.91 Å². The summed E-state index contributed by atoms with van der Waals surface area (Å²) in [7, 11) is 3.11. The van der Waals surface area contributed by atoms with Crippen LogP contribution in [0, 0.1) is 11.3 Å². The first kappa shape index (κ1) is 17.3. The van der Waals surface area contributed by atoms with Crippen LogP contribution in [0.5, 0.6) is 11.5 Å². The largest absolute Gasteiger partial charge is 0.493 e. The van der Waals surface area contributed by atoms with E-state index in [1.54, 1.807) is 44.6 Å². The Morgan fingerprint density at radius 3 is 2.65 bits per heavy atom. The minimum atomic E-state index is -0.739. The van der Waals surface area contributed by atoms with Gasteiger partial charge in [-0.2, -0.15) is 5.26 Å². The molecule has 1 amide bonds. The van der Waals surface area contributed by atoms with Crippen LogP contribution in [0.25, 0.3) is 0 Å². The SMILES string of the molecule is COc1cccc(C2=NO[C@H](C(=O)Nc3ccc(C#N)cc3)C2)c1OC. The molecule has 0 spiro atoms. The number of anilines is 1. The van der Waals surface area contributed by atoms with E-state index < -0.39 is 6.10 Å². The third-order valence-electron chi connectivity index (χ3n) is 3.96. The Kier molecular flexibility index (Phi) is 5.04. The maximum absolute atomic E-state index is 12.4. The van der Waals surface area contributed by atoms with Gasteiger partial charge in [0.1, 0.15) is 0 Å². The summed E-state index contributed by atoms with van der Waals surface area (Å²) in [5.74, 6) is 0.819. The van der Waals surface area contributed by atoms with Crippen LogP contribution in [0.2, 0.25) is 0 Å². The molecule has 26 heavy (non-hydrogen) atoms. The van der Waals surface area contributed by atoms with Crippen molar-refractivity contribution in [2.45, 2.75) is 12.5 Å². The zero-order valence-corrected chi connectivity index (χ0v) is 14.4. The van der Waals surface area contributed by atoms with E-state index in [1.807, 2.05) is 18.2 Å². The summed E-state index contributed by atoms with van der Waals surface area (Å²) in [6.07, 6.45) is -0.428. The lowest BCUT2D eigenvalue weighted by Crippen LogP contribution is -2.28. The molecule has 1 heterocycles. The molecule has 0 unspecified atom stereocenters. The van der Waals surface area contributed by atoms with Crippen molar-refractivity contribution in [3.63, 3.8) is 0 Å². The number of para-hydroxylation sites is 1. The Bertz CT molecular complexity index is 885. The van der Waals surface area contributed by atoms with Crippen LogP contribution in [0.4, 0.5) is 5.69 Å². The van der Waals surface area contributed by atoms with Crippen molar-refractivity contribution in [3.05, 3.63) is 53.6 Å². The molecule has 1 N–H and O–H groups in total. The molecule has 1 aliphatic rings. The molecule has 2 aromatic rings. The van der Waals surface area contributed by atoms with Gasteiger partial charge in [-0.15, -0.1) is 0 Å². The van der Waals surface area contributed by atoms with Crippen molar-refractivity contribution in [3.8, 4) is 17.6 Å². The molecule has 7 heteroatoms. The van der Waals surface area contributed by atoms with Crippen LogP contribution in [-0.2, 0) is 9.63 Å². The summed E-state index contributed by atoms with van der Waals surface area (Å²) in [5.41, 5.74) is 2.45. The first-order valence-electron chi connectivity index (χ1n) is 7.91. The summed E-state index contributed by atoms with van der Waals surface area (Å²) < 4.78 is 10.7. The number of rotatable bonds is 5.